The van der Waals surface area contributed by atoms with Crippen LogP contribution in [0.5, 0.6) is 0 Å². The van der Waals surface area contributed by atoms with E-state index in [0.717, 1.165) is 13.0 Å². The third-order valence-electron chi connectivity index (χ3n) is 4.47. The number of piperidine rings is 1. The highest BCUT2D eigenvalue weighted by molar-refractivity contribution is 6.38. The number of nitrogens with zero attached hydrogens (tertiary/aromatic N) is 3. The smallest absolute Gasteiger partial charge is 0.261 e. The van der Waals surface area contributed by atoms with Crippen molar-refractivity contribution < 1.29 is 0 Å². The highest BCUT2D eigenvalue weighted by atomic mass is 35.5. The van der Waals surface area contributed by atoms with Gasteiger partial charge in [-0.2, -0.15) is 0 Å². The number of aromatic nitrogens is 2. The lowest BCUT2D eigenvalue weighted by atomic mass is 10.0. The van der Waals surface area contributed by atoms with E-state index < -0.39 is 0 Å². The number of fused-ring (bicyclic) bond motifs is 1. The molecule has 1 saturated heterocycles. The van der Waals surface area contributed by atoms with Gasteiger partial charge in [0.1, 0.15) is 0 Å². The van der Waals surface area contributed by atoms with E-state index in [9.17, 15) is 4.79 Å². The fourth-order valence-corrected chi connectivity index (χ4v) is 3.69. The maximum atomic E-state index is 12.6. The molecule has 118 valence electrons. The van der Waals surface area contributed by atoms with Gasteiger partial charge in [0.25, 0.3) is 5.56 Å². The number of halogens is 2. The van der Waals surface area contributed by atoms with E-state index in [4.69, 9.17) is 23.2 Å². The number of hydrogen-bond donors (Lipinski definition) is 0. The lowest BCUT2D eigenvalue weighted by Crippen LogP contribution is -2.37. The zero-order valence-corrected chi connectivity index (χ0v) is 14.1. The van der Waals surface area contributed by atoms with E-state index in [-0.39, 0.29) is 5.56 Å². The zero-order chi connectivity index (χ0) is 15.7. The molecule has 1 aromatic heterocycles. The van der Waals surface area contributed by atoms with Crippen LogP contribution < -0.4 is 5.56 Å². The van der Waals surface area contributed by atoms with E-state index in [1.54, 1.807) is 23.0 Å². The molecule has 2 heterocycles. The summed E-state index contributed by atoms with van der Waals surface area (Å²) < 4.78 is 1.66. The van der Waals surface area contributed by atoms with Crippen molar-refractivity contribution in [2.75, 3.05) is 13.6 Å². The molecule has 0 unspecified atom stereocenters. The lowest BCUT2D eigenvalue weighted by molar-refractivity contribution is 0.170. The van der Waals surface area contributed by atoms with E-state index in [1.165, 1.54) is 19.3 Å². The summed E-state index contributed by atoms with van der Waals surface area (Å²) in [6.45, 7) is 1.81. The summed E-state index contributed by atoms with van der Waals surface area (Å²) >= 11 is 12.1. The second kappa shape index (κ2) is 6.57. The highest BCUT2D eigenvalue weighted by Gasteiger charge is 2.19. The quantitative estimate of drug-likeness (QED) is 0.857. The van der Waals surface area contributed by atoms with E-state index in [0.29, 0.717) is 33.5 Å². The molecule has 0 aliphatic carbocycles. The number of rotatable bonds is 3. The third-order valence-corrected chi connectivity index (χ3v) is 4.98. The summed E-state index contributed by atoms with van der Waals surface area (Å²) in [6.07, 6.45) is 6.28. The molecule has 1 aliphatic rings. The Kier molecular flexibility index (Phi) is 4.71. The molecule has 0 radical (unpaired) electrons. The van der Waals surface area contributed by atoms with Crippen LogP contribution in [-0.4, -0.2) is 34.1 Å². The summed E-state index contributed by atoms with van der Waals surface area (Å²) in [4.78, 5) is 19.3. The zero-order valence-electron chi connectivity index (χ0n) is 12.6. The summed E-state index contributed by atoms with van der Waals surface area (Å²) in [5, 5.41) is 1.36. The summed E-state index contributed by atoms with van der Waals surface area (Å²) in [5.41, 5.74) is 0.440. The molecule has 3 rings (SSSR count). The van der Waals surface area contributed by atoms with Crippen LogP contribution in [0.1, 0.15) is 25.7 Å². The van der Waals surface area contributed by atoms with E-state index >= 15 is 0 Å². The van der Waals surface area contributed by atoms with Crippen LogP contribution in [0.15, 0.2) is 23.3 Å². The number of aryl methyl sites for hydroxylation is 1. The van der Waals surface area contributed by atoms with Gasteiger partial charge in [0.05, 0.1) is 22.3 Å². The molecular weight excluding hydrogens is 321 g/mol. The van der Waals surface area contributed by atoms with Crippen molar-refractivity contribution in [1.82, 2.24) is 14.5 Å². The molecule has 0 saturated carbocycles. The highest BCUT2D eigenvalue weighted by Crippen LogP contribution is 2.24. The molecule has 6 heteroatoms. The summed E-state index contributed by atoms with van der Waals surface area (Å²) in [7, 11) is 2.16. The van der Waals surface area contributed by atoms with Crippen molar-refractivity contribution in [3.63, 3.8) is 0 Å². The minimum atomic E-state index is -0.0761. The molecule has 0 spiro atoms. The Morgan fingerprint density at radius 3 is 2.91 bits per heavy atom. The fourth-order valence-electron chi connectivity index (χ4n) is 3.15. The Balaban J connectivity index is 1.85. The first-order chi connectivity index (χ1) is 10.6. The number of likely N-dealkylation sites (tertiary alicyclic amines) is 1. The predicted molar refractivity (Wildman–Crippen MR) is 90.9 cm³/mol. The standard InChI is InChI=1S/C16H19Cl2N3O/c1-20-6-3-2-4-12(20)5-7-21-10-19-15-13(16(21)22)8-11(17)9-14(15)18/h8-10,12H,2-7H2,1H3/t12-/m1/s1. The van der Waals surface area contributed by atoms with Crippen LogP contribution in [0, 0.1) is 0 Å². The van der Waals surface area contributed by atoms with Gasteiger partial charge in [0.2, 0.25) is 0 Å². The maximum absolute atomic E-state index is 12.6. The van der Waals surface area contributed by atoms with Gasteiger partial charge in [-0.05, 0) is 45.0 Å². The van der Waals surface area contributed by atoms with Gasteiger partial charge in [-0.25, -0.2) is 4.98 Å². The Labute approximate surface area is 139 Å². The Morgan fingerprint density at radius 2 is 2.14 bits per heavy atom. The average Bonchev–Trinajstić information content (AvgIpc) is 2.49. The van der Waals surface area contributed by atoms with Gasteiger partial charge in [0, 0.05) is 17.6 Å². The van der Waals surface area contributed by atoms with Gasteiger partial charge >= 0.3 is 0 Å². The molecule has 1 fully saturated rings. The number of hydrogen-bond acceptors (Lipinski definition) is 3. The minimum Gasteiger partial charge on any atom is -0.303 e. The molecule has 0 amide bonds. The van der Waals surface area contributed by atoms with Crippen LogP contribution in [0.3, 0.4) is 0 Å². The summed E-state index contributed by atoms with van der Waals surface area (Å²) in [6, 6.07) is 3.79. The van der Waals surface area contributed by atoms with Gasteiger partial charge in [0.15, 0.2) is 0 Å². The van der Waals surface area contributed by atoms with Crippen molar-refractivity contribution >= 4 is 34.1 Å². The second-order valence-corrected chi connectivity index (χ2v) is 6.79. The van der Waals surface area contributed by atoms with E-state index in [1.807, 2.05) is 0 Å². The first-order valence-corrected chi connectivity index (χ1v) is 8.36. The van der Waals surface area contributed by atoms with E-state index in [2.05, 4.69) is 16.9 Å². The monoisotopic (exact) mass is 339 g/mol. The third kappa shape index (κ3) is 3.14. The molecule has 22 heavy (non-hydrogen) atoms. The maximum Gasteiger partial charge on any atom is 0.261 e. The predicted octanol–water partition coefficient (Wildman–Crippen LogP) is 3.58. The molecular formula is C16H19Cl2N3O. The Hall–Kier alpha value is -1.10. The van der Waals surface area contributed by atoms with Crippen molar-refractivity contribution in [2.45, 2.75) is 38.3 Å². The molecule has 4 nitrogen and oxygen atoms in total. The SMILES string of the molecule is CN1CCCC[C@@H]1CCn1cnc2c(Cl)cc(Cl)cc2c1=O. The lowest BCUT2D eigenvalue weighted by Gasteiger charge is -2.32. The van der Waals surface area contributed by atoms with Crippen molar-refractivity contribution in [3.8, 4) is 0 Å². The second-order valence-electron chi connectivity index (χ2n) is 5.95. The van der Waals surface area contributed by atoms with Gasteiger partial charge in [-0.1, -0.05) is 29.6 Å². The minimum absolute atomic E-state index is 0.0761. The normalized spacial score (nSPS) is 19.7. The van der Waals surface area contributed by atoms with Gasteiger partial charge < -0.3 is 4.90 Å². The Morgan fingerprint density at radius 1 is 1.32 bits per heavy atom. The van der Waals surface area contributed by atoms with Crippen molar-refractivity contribution in [3.05, 3.63) is 38.9 Å². The average molecular weight is 340 g/mol. The first kappa shape index (κ1) is 15.8. The topological polar surface area (TPSA) is 38.1 Å². The molecule has 1 atom stereocenters. The van der Waals surface area contributed by atoms with Crippen LogP contribution >= 0.6 is 23.2 Å². The van der Waals surface area contributed by atoms with Crippen LogP contribution in [-0.2, 0) is 6.54 Å². The Bertz CT molecular complexity index is 744. The van der Waals surface area contributed by atoms with Crippen molar-refractivity contribution in [2.24, 2.45) is 0 Å². The van der Waals surface area contributed by atoms with Crippen LogP contribution in [0.4, 0.5) is 0 Å². The van der Waals surface area contributed by atoms with Crippen LogP contribution in [0.2, 0.25) is 10.0 Å². The number of benzene rings is 1. The molecule has 0 bridgehead atoms. The summed E-state index contributed by atoms with van der Waals surface area (Å²) in [5.74, 6) is 0. The van der Waals surface area contributed by atoms with Crippen LogP contribution in [0.25, 0.3) is 10.9 Å². The van der Waals surface area contributed by atoms with Gasteiger partial charge in [-0.3, -0.25) is 9.36 Å². The first-order valence-electron chi connectivity index (χ1n) is 7.60. The fraction of sp³-hybridized carbons (Fsp3) is 0.500. The largest absolute Gasteiger partial charge is 0.303 e. The van der Waals surface area contributed by atoms with Gasteiger partial charge in [-0.15, -0.1) is 0 Å². The molecule has 1 aromatic carbocycles. The molecule has 1 aliphatic heterocycles. The molecule has 0 N–H and O–H groups in total. The molecule has 2 aromatic rings. The van der Waals surface area contributed by atoms with Crippen molar-refractivity contribution in [1.29, 1.82) is 0 Å².